The molecule has 0 heterocycles. The summed E-state index contributed by atoms with van der Waals surface area (Å²) in [5.41, 5.74) is 0. The van der Waals surface area contributed by atoms with Crippen LogP contribution in [0.1, 0.15) is 46.0 Å². The van der Waals surface area contributed by atoms with Crippen LogP contribution in [0.3, 0.4) is 0 Å². The Morgan fingerprint density at radius 2 is 1.81 bits per heavy atom. The van der Waals surface area contributed by atoms with Crippen LogP contribution in [-0.2, 0) is 10.0 Å². The van der Waals surface area contributed by atoms with Crippen molar-refractivity contribution in [2.45, 2.75) is 57.2 Å². The average molecular weight is 268 g/mol. The van der Waals surface area contributed by atoms with Crippen molar-refractivity contribution in [3.8, 4) is 0 Å². The lowest BCUT2D eigenvalue weighted by Gasteiger charge is -2.31. The second-order valence-corrected chi connectivity index (χ2v) is 7.24. The Hall–Kier alpha value is 0.200. The molecule has 0 spiro atoms. The van der Waals surface area contributed by atoms with Crippen LogP contribution in [0.25, 0.3) is 0 Å². The highest BCUT2D eigenvalue weighted by atomic mass is 35.5. The van der Waals surface area contributed by atoms with Crippen molar-refractivity contribution in [3.05, 3.63) is 0 Å². The Labute approximate surface area is 104 Å². The summed E-state index contributed by atoms with van der Waals surface area (Å²) in [6.07, 6.45) is 4.87. The zero-order valence-corrected chi connectivity index (χ0v) is 11.7. The lowest BCUT2D eigenvalue weighted by atomic mass is 10.0. The molecular formula is C11H22ClNO2S. The van der Waals surface area contributed by atoms with Crippen LogP contribution < -0.4 is 0 Å². The molecular weight excluding hydrogens is 246 g/mol. The van der Waals surface area contributed by atoms with Crippen molar-refractivity contribution < 1.29 is 8.42 Å². The van der Waals surface area contributed by atoms with E-state index in [1.807, 2.05) is 13.8 Å². The predicted octanol–water partition coefficient (Wildman–Crippen LogP) is 2.60. The van der Waals surface area contributed by atoms with Gasteiger partial charge in [0.1, 0.15) is 0 Å². The molecule has 0 radical (unpaired) electrons. The second-order valence-electron chi connectivity index (χ2n) is 4.70. The van der Waals surface area contributed by atoms with E-state index in [0.29, 0.717) is 12.4 Å². The largest absolute Gasteiger partial charge is 0.217 e. The molecule has 1 saturated carbocycles. The molecule has 5 heteroatoms. The summed E-state index contributed by atoms with van der Waals surface area (Å²) < 4.78 is 26.3. The predicted molar refractivity (Wildman–Crippen MR) is 68.4 cm³/mol. The van der Waals surface area contributed by atoms with E-state index in [2.05, 4.69) is 0 Å². The quantitative estimate of drug-likeness (QED) is 0.718. The molecule has 0 aromatic rings. The van der Waals surface area contributed by atoms with E-state index in [1.165, 1.54) is 6.42 Å². The van der Waals surface area contributed by atoms with Crippen molar-refractivity contribution in [3.63, 3.8) is 0 Å². The average Bonchev–Trinajstić information content (AvgIpc) is 2.26. The highest BCUT2D eigenvalue weighted by Crippen LogP contribution is 2.27. The van der Waals surface area contributed by atoms with Gasteiger partial charge in [-0.05, 0) is 26.7 Å². The minimum atomic E-state index is -3.14. The van der Waals surface area contributed by atoms with E-state index in [4.69, 9.17) is 11.6 Å². The van der Waals surface area contributed by atoms with Crippen LogP contribution in [0.4, 0.5) is 0 Å². The second kappa shape index (κ2) is 6.22. The van der Waals surface area contributed by atoms with E-state index in [-0.39, 0.29) is 11.3 Å². The molecule has 0 saturated heterocycles. The summed E-state index contributed by atoms with van der Waals surface area (Å²) in [4.78, 5) is 0. The van der Waals surface area contributed by atoms with E-state index < -0.39 is 10.0 Å². The first-order valence-corrected chi connectivity index (χ1v) is 8.10. The van der Waals surface area contributed by atoms with Gasteiger partial charge in [-0.2, -0.15) is 4.31 Å². The first-order chi connectivity index (χ1) is 7.50. The van der Waals surface area contributed by atoms with Gasteiger partial charge < -0.3 is 0 Å². The van der Waals surface area contributed by atoms with Gasteiger partial charge >= 0.3 is 0 Å². The van der Waals surface area contributed by atoms with Crippen LogP contribution >= 0.6 is 11.6 Å². The minimum absolute atomic E-state index is 0.00526. The zero-order valence-electron chi connectivity index (χ0n) is 10.2. The summed E-state index contributed by atoms with van der Waals surface area (Å²) in [6, 6.07) is 0.00526. The summed E-state index contributed by atoms with van der Waals surface area (Å²) in [5, 5.41) is -0.174. The molecule has 1 aliphatic rings. The SMILES string of the molecule is CC(C)N(CCCl)S(=O)(=O)C1CCCCC1. The Kier molecular flexibility index (Phi) is 5.54. The minimum Gasteiger partial charge on any atom is -0.212 e. The van der Waals surface area contributed by atoms with E-state index in [1.54, 1.807) is 4.31 Å². The van der Waals surface area contributed by atoms with Crippen molar-refractivity contribution in [2.75, 3.05) is 12.4 Å². The number of nitrogens with zero attached hydrogens (tertiary/aromatic N) is 1. The molecule has 1 aliphatic carbocycles. The van der Waals surface area contributed by atoms with Crippen LogP contribution in [0.2, 0.25) is 0 Å². The normalized spacial score (nSPS) is 19.6. The van der Waals surface area contributed by atoms with E-state index >= 15 is 0 Å². The number of hydrogen-bond donors (Lipinski definition) is 0. The Balaban J connectivity index is 2.79. The first kappa shape index (κ1) is 14.3. The number of alkyl halides is 1. The smallest absolute Gasteiger partial charge is 0.212 e. The fourth-order valence-electron chi connectivity index (χ4n) is 2.32. The maximum Gasteiger partial charge on any atom is 0.217 e. The van der Waals surface area contributed by atoms with Gasteiger partial charge in [-0.15, -0.1) is 11.6 Å². The third-order valence-electron chi connectivity index (χ3n) is 3.18. The highest BCUT2D eigenvalue weighted by molar-refractivity contribution is 7.89. The topological polar surface area (TPSA) is 37.4 Å². The van der Waals surface area contributed by atoms with Gasteiger partial charge in [0, 0.05) is 18.5 Å². The molecule has 0 atom stereocenters. The molecule has 0 aromatic heterocycles. The number of sulfonamides is 1. The van der Waals surface area contributed by atoms with Crippen molar-refractivity contribution in [1.82, 2.24) is 4.31 Å². The van der Waals surface area contributed by atoms with Crippen LogP contribution in [0, 0.1) is 0 Å². The molecule has 3 nitrogen and oxygen atoms in total. The Morgan fingerprint density at radius 1 is 1.25 bits per heavy atom. The Morgan fingerprint density at radius 3 is 2.25 bits per heavy atom. The lowest BCUT2D eigenvalue weighted by Crippen LogP contribution is -2.44. The molecule has 1 fully saturated rings. The maximum absolute atomic E-state index is 12.4. The van der Waals surface area contributed by atoms with Crippen LogP contribution in [0.15, 0.2) is 0 Å². The molecule has 0 aliphatic heterocycles. The maximum atomic E-state index is 12.4. The summed E-state index contributed by atoms with van der Waals surface area (Å²) in [6.45, 7) is 4.25. The van der Waals surface area contributed by atoms with Gasteiger partial charge in [0.05, 0.1) is 5.25 Å². The number of hydrogen-bond acceptors (Lipinski definition) is 2. The fraction of sp³-hybridized carbons (Fsp3) is 1.00. The number of rotatable bonds is 5. The van der Waals surface area contributed by atoms with Gasteiger partial charge in [-0.25, -0.2) is 8.42 Å². The molecule has 96 valence electrons. The molecule has 0 amide bonds. The van der Waals surface area contributed by atoms with Crippen molar-refractivity contribution in [2.24, 2.45) is 0 Å². The number of halogens is 1. The lowest BCUT2D eigenvalue weighted by molar-refractivity contribution is 0.354. The molecule has 16 heavy (non-hydrogen) atoms. The highest BCUT2D eigenvalue weighted by Gasteiger charge is 2.33. The standard InChI is InChI=1S/C11H22ClNO2S/c1-10(2)13(9-8-12)16(14,15)11-6-4-3-5-7-11/h10-11H,3-9H2,1-2H3. The monoisotopic (exact) mass is 267 g/mol. The van der Waals surface area contributed by atoms with Crippen LogP contribution in [0.5, 0.6) is 0 Å². The van der Waals surface area contributed by atoms with Gasteiger partial charge in [-0.3, -0.25) is 0 Å². The first-order valence-electron chi connectivity index (χ1n) is 6.06. The molecule has 0 aromatic carbocycles. The summed E-state index contributed by atoms with van der Waals surface area (Å²) in [7, 11) is -3.14. The van der Waals surface area contributed by atoms with Gasteiger partial charge in [0.25, 0.3) is 0 Å². The fourth-order valence-corrected chi connectivity index (χ4v) is 4.84. The summed E-state index contributed by atoms with van der Waals surface area (Å²) in [5.74, 6) is 0.365. The van der Waals surface area contributed by atoms with Crippen LogP contribution in [-0.4, -0.2) is 36.4 Å². The summed E-state index contributed by atoms with van der Waals surface area (Å²) >= 11 is 5.68. The van der Waals surface area contributed by atoms with E-state index in [0.717, 1.165) is 25.7 Å². The zero-order chi connectivity index (χ0) is 12.2. The molecule has 0 N–H and O–H groups in total. The molecule has 0 bridgehead atoms. The van der Waals surface area contributed by atoms with Gasteiger partial charge in [0.2, 0.25) is 10.0 Å². The third kappa shape index (κ3) is 3.34. The molecule has 0 unspecified atom stereocenters. The third-order valence-corrected chi connectivity index (χ3v) is 5.92. The van der Waals surface area contributed by atoms with E-state index in [9.17, 15) is 8.42 Å². The van der Waals surface area contributed by atoms with Gasteiger partial charge in [-0.1, -0.05) is 19.3 Å². The Bertz CT molecular complexity index is 297. The molecule has 1 rings (SSSR count). The van der Waals surface area contributed by atoms with Crippen molar-refractivity contribution >= 4 is 21.6 Å². The van der Waals surface area contributed by atoms with Gasteiger partial charge in [0.15, 0.2) is 0 Å². The van der Waals surface area contributed by atoms with Crippen molar-refractivity contribution in [1.29, 1.82) is 0 Å².